The number of hydrogen-bond donors (Lipinski definition) is 1. The molecule has 0 saturated heterocycles. The molecule has 0 aliphatic heterocycles. The molecule has 1 heterocycles. The van der Waals surface area contributed by atoms with Crippen molar-refractivity contribution in [3.63, 3.8) is 0 Å². The minimum absolute atomic E-state index is 0.152. The first kappa shape index (κ1) is 8.73. The molecular formula is C10H5NO2S. The van der Waals surface area contributed by atoms with Crippen LogP contribution < -0.4 is 0 Å². The van der Waals surface area contributed by atoms with Gasteiger partial charge in [0, 0.05) is 21.0 Å². The lowest BCUT2D eigenvalue weighted by Gasteiger charge is -1.96. The quantitative estimate of drug-likeness (QED) is 0.723. The SMILES string of the molecule is N#Cc1cc2c(O)csc2cc1C=O. The number of rotatable bonds is 1. The topological polar surface area (TPSA) is 61.1 Å². The molecule has 0 atom stereocenters. The van der Waals surface area contributed by atoms with E-state index >= 15 is 0 Å². The van der Waals surface area contributed by atoms with Gasteiger partial charge in [0.1, 0.15) is 5.75 Å². The molecule has 0 amide bonds. The van der Waals surface area contributed by atoms with Gasteiger partial charge < -0.3 is 5.11 Å². The van der Waals surface area contributed by atoms with Gasteiger partial charge in [0.2, 0.25) is 0 Å². The first-order chi connectivity index (χ1) is 6.76. The summed E-state index contributed by atoms with van der Waals surface area (Å²) in [6.45, 7) is 0. The van der Waals surface area contributed by atoms with Crippen LogP contribution in [0.5, 0.6) is 5.75 Å². The van der Waals surface area contributed by atoms with Crippen molar-refractivity contribution in [1.29, 1.82) is 5.26 Å². The summed E-state index contributed by atoms with van der Waals surface area (Å²) in [5, 5.41) is 20.4. The molecular weight excluding hydrogens is 198 g/mol. The third-order valence-corrected chi connectivity index (χ3v) is 2.91. The molecule has 0 saturated carbocycles. The molecule has 0 aliphatic rings. The fourth-order valence-electron chi connectivity index (χ4n) is 1.27. The van der Waals surface area contributed by atoms with Gasteiger partial charge in [0.05, 0.1) is 11.6 Å². The van der Waals surface area contributed by atoms with Crippen LogP contribution in [0, 0.1) is 11.3 Å². The van der Waals surface area contributed by atoms with Crippen molar-refractivity contribution in [2.24, 2.45) is 0 Å². The summed E-state index contributed by atoms with van der Waals surface area (Å²) in [4.78, 5) is 10.6. The molecule has 2 aromatic rings. The average molecular weight is 203 g/mol. The van der Waals surface area contributed by atoms with E-state index in [0.29, 0.717) is 22.8 Å². The maximum atomic E-state index is 10.6. The van der Waals surface area contributed by atoms with Crippen LogP contribution in [0.15, 0.2) is 17.5 Å². The summed E-state index contributed by atoms with van der Waals surface area (Å²) in [6, 6.07) is 5.07. The van der Waals surface area contributed by atoms with E-state index in [4.69, 9.17) is 5.26 Å². The number of carbonyl (C=O) groups excluding carboxylic acids is 1. The van der Waals surface area contributed by atoms with Crippen LogP contribution in [0.3, 0.4) is 0 Å². The first-order valence-electron chi connectivity index (χ1n) is 3.85. The summed E-state index contributed by atoms with van der Waals surface area (Å²) in [7, 11) is 0. The Morgan fingerprint density at radius 2 is 2.29 bits per heavy atom. The zero-order valence-electron chi connectivity index (χ0n) is 7.02. The average Bonchev–Trinajstić information content (AvgIpc) is 2.58. The van der Waals surface area contributed by atoms with Crippen molar-refractivity contribution in [3.05, 3.63) is 28.6 Å². The van der Waals surface area contributed by atoms with Gasteiger partial charge >= 0.3 is 0 Å². The third kappa shape index (κ3) is 1.15. The number of nitrogens with zero attached hydrogens (tertiary/aromatic N) is 1. The number of nitriles is 1. The molecule has 1 aromatic heterocycles. The largest absolute Gasteiger partial charge is 0.506 e. The highest BCUT2D eigenvalue weighted by Gasteiger charge is 2.08. The molecule has 3 nitrogen and oxygen atoms in total. The van der Waals surface area contributed by atoms with E-state index in [0.717, 1.165) is 4.70 Å². The molecule has 0 spiro atoms. The number of aromatic hydroxyl groups is 1. The lowest BCUT2D eigenvalue weighted by atomic mass is 10.1. The predicted octanol–water partition coefficient (Wildman–Crippen LogP) is 2.29. The molecule has 0 fully saturated rings. The van der Waals surface area contributed by atoms with E-state index in [2.05, 4.69) is 0 Å². The summed E-state index contributed by atoms with van der Waals surface area (Å²) >= 11 is 1.34. The molecule has 68 valence electrons. The summed E-state index contributed by atoms with van der Waals surface area (Å²) in [5.74, 6) is 0.152. The number of benzene rings is 1. The molecule has 1 aromatic carbocycles. The van der Waals surface area contributed by atoms with Crippen LogP contribution in [-0.4, -0.2) is 11.4 Å². The van der Waals surface area contributed by atoms with E-state index in [-0.39, 0.29) is 5.75 Å². The van der Waals surface area contributed by atoms with Gasteiger partial charge in [-0.05, 0) is 12.1 Å². The van der Waals surface area contributed by atoms with Crippen LogP contribution in [-0.2, 0) is 0 Å². The smallest absolute Gasteiger partial charge is 0.151 e. The van der Waals surface area contributed by atoms with Crippen LogP contribution in [0.25, 0.3) is 10.1 Å². The Kier molecular flexibility index (Phi) is 1.95. The van der Waals surface area contributed by atoms with E-state index in [1.54, 1.807) is 11.4 Å². The molecule has 14 heavy (non-hydrogen) atoms. The highest BCUT2D eigenvalue weighted by molar-refractivity contribution is 7.17. The molecule has 0 unspecified atom stereocenters. The zero-order valence-corrected chi connectivity index (χ0v) is 7.84. The molecule has 0 aliphatic carbocycles. The molecule has 1 N–H and O–H groups in total. The normalized spacial score (nSPS) is 9.93. The predicted molar refractivity (Wildman–Crippen MR) is 53.6 cm³/mol. The third-order valence-electron chi connectivity index (χ3n) is 1.97. The van der Waals surface area contributed by atoms with Gasteiger partial charge in [-0.3, -0.25) is 4.79 Å². The number of carbonyl (C=O) groups is 1. The Bertz CT molecular complexity index is 551. The highest BCUT2D eigenvalue weighted by atomic mass is 32.1. The maximum absolute atomic E-state index is 10.6. The fraction of sp³-hybridized carbons (Fsp3) is 0. The first-order valence-corrected chi connectivity index (χ1v) is 4.73. The lowest BCUT2D eigenvalue weighted by Crippen LogP contribution is -1.85. The van der Waals surface area contributed by atoms with Gasteiger partial charge in [-0.2, -0.15) is 5.26 Å². The number of fused-ring (bicyclic) bond motifs is 1. The number of hydrogen-bond acceptors (Lipinski definition) is 4. The van der Waals surface area contributed by atoms with Crippen LogP contribution in [0.1, 0.15) is 15.9 Å². The Morgan fingerprint density at radius 3 is 2.93 bits per heavy atom. The van der Waals surface area contributed by atoms with Crippen molar-refractivity contribution in [2.45, 2.75) is 0 Å². The minimum Gasteiger partial charge on any atom is -0.506 e. The Hall–Kier alpha value is -1.86. The van der Waals surface area contributed by atoms with Crippen molar-refractivity contribution in [1.82, 2.24) is 0 Å². The second-order valence-corrected chi connectivity index (χ2v) is 3.70. The minimum atomic E-state index is 0.152. The maximum Gasteiger partial charge on any atom is 0.151 e. The van der Waals surface area contributed by atoms with E-state index in [9.17, 15) is 9.90 Å². The summed E-state index contributed by atoms with van der Waals surface area (Å²) in [6.07, 6.45) is 0.648. The number of thiophene rings is 1. The highest BCUT2D eigenvalue weighted by Crippen LogP contribution is 2.32. The second kappa shape index (κ2) is 3.13. The Morgan fingerprint density at radius 1 is 1.50 bits per heavy atom. The molecule has 0 radical (unpaired) electrons. The molecule has 4 heteroatoms. The monoisotopic (exact) mass is 203 g/mol. The van der Waals surface area contributed by atoms with Gasteiger partial charge in [0.15, 0.2) is 6.29 Å². The Balaban J connectivity index is 2.86. The van der Waals surface area contributed by atoms with Crippen LogP contribution in [0.4, 0.5) is 0 Å². The Labute approximate surface area is 83.8 Å². The second-order valence-electron chi connectivity index (χ2n) is 2.79. The molecule has 2 rings (SSSR count). The van der Waals surface area contributed by atoms with Gasteiger partial charge in [-0.25, -0.2) is 0 Å². The number of aldehydes is 1. The summed E-state index contributed by atoms with van der Waals surface area (Å²) in [5.41, 5.74) is 0.656. The van der Waals surface area contributed by atoms with Crippen molar-refractivity contribution in [3.8, 4) is 11.8 Å². The van der Waals surface area contributed by atoms with Gasteiger partial charge in [0.25, 0.3) is 0 Å². The fourth-order valence-corrected chi connectivity index (χ4v) is 2.12. The van der Waals surface area contributed by atoms with Gasteiger partial charge in [-0.1, -0.05) is 0 Å². The van der Waals surface area contributed by atoms with Crippen LogP contribution in [0.2, 0.25) is 0 Å². The standard InChI is InChI=1S/C10H5NO2S/c11-3-6-1-8-9(13)5-14-10(8)2-7(6)4-12/h1-2,4-5,13H. The lowest BCUT2D eigenvalue weighted by molar-refractivity contribution is 0.112. The van der Waals surface area contributed by atoms with E-state index in [1.165, 1.54) is 17.4 Å². The van der Waals surface area contributed by atoms with Crippen molar-refractivity contribution >= 4 is 27.7 Å². The van der Waals surface area contributed by atoms with E-state index in [1.807, 2.05) is 6.07 Å². The molecule has 0 bridgehead atoms. The van der Waals surface area contributed by atoms with E-state index < -0.39 is 0 Å². The zero-order chi connectivity index (χ0) is 10.1. The van der Waals surface area contributed by atoms with Crippen molar-refractivity contribution in [2.75, 3.05) is 0 Å². The van der Waals surface area contributed by atoms with Crippen LogP contribution >= 0.6 is 11.3 Å². The van der Waals surface area contributed by atoms with Gasteiger partial charge in [-0.15, -0.1) is 11.3 Å². The van der Waals surface area contributed by atoms with Crippen molar-refractivity contribution < 1.29 is 9.90 Å². The summed E-state index contributed by atoms with van der Waals surface area (Å²) < 4.78 is 0.809.